The number of aromatic nitrogens is 3. The van der Waals surface area contributed by atoms with Crippen molar-refractivity contribution in [3.05, 3.63) is 41.2 Å². The average molecular weight is 391 g/mol. The lowest BCUT2D eigenvalue weighted by atomic mass is 10.2. The number of nitriles is 1. The molecule has 1 aliphatic heterocycles. The van der Waals surface area contributed by atoms with Crippen molar-refractivity contribution in [3.8, 4) is 6.07 Å². The molecule has 3 rings (SSSR count). The molecule has 2 aromatic rings. The molecule has 1 aliphatic rings. The number of hydrogen-bond acceptors (Lipinski definition) is 5. The lowest BCUT2D eigenvalue weighted by Crippen LogP contribution is -2.44. The van der Waals surface area contributed by atoms with Gasteiger partial charge in [-0.15, -0.1) is 5.10 Å². The molecule has 2 heterocycles. The molecule has 1 aromatic heterocycles. The van der Waals surface area contributed by atoms with Crippen LogP contribution in [0.1, 0.15) is 31.6 Å². The third-order valence-electron chi connectivity index (χ3n) is 4.34. The SMILES string of the molecule is CCC(C(=O)NC1CCN(c2ccc(Cl)cc2F)C1=O)n1cnc(C#N)n1. The van der Waals surface area contributed by atoms with Gasteiger partial charge in [0.25, 0.3) is 5.82 Å². The monoisotopic (exact) mass is 390 g/mol. The van der Waals surface area contributed by atoms with Gasteiger partial charge in [-0.3, -0.25) is 9.59 Å². The van der Waals surface area contributed by atoms with Crippen LogP contribution < -0.4 is 10.2 Å². The van der Waals surface area contributed by atoms with Crippen LogP contribution in [0.4, 0.5) is 10.1 Å². The van der Waals surface area contributed by atoms with E-state index < -0.39 is 29.7 Å². The first kappa shape index (κ1) is 18.8. The largest absolute Gasteiger partial charge is 0.342 e. The maximum absolute atomic E-state index is 14.1. The van der Waals surface area contributed by atoms with Crippen LogP contribution in [0.25, 0.3) is 0 Å². The summed E-state index contributed by atoms with van der Waals surface area (Å²) in [5, 5.41) is 15.7. The second kappa shape index (κ2) is 7.72. The van der Waals surface area contributed by atoms with E-state index in [0.29, 0.717) is 12.8 Å². The van der Waals surface area contributed by atoms with Gasteiger partial charge in [-0.1, -0.05) is 18.5 Å². The molecule has 0 saturated carbocycles. The fourth-order valence-electron chi connectivity index (χ4n) is 2.99. The molecule has 27 heavy (non-hydrogen) atoms. The van der Waals surface area contributed by atoms with Crippen LogP contribution in [0.15, 0.2) is 24.5 Å². The Morgan fingerprint density at radius 1 is 1.56 bits per heavy atom. The summed E-state index contributed by atoms with van der Waals surface area (Å²) in [6.45, 7) is 2.06. The molecule has 2 atom stereocenters. The standard InChI is InChI=1S/C17H16ClFN6O2/c1-2-13(25-9-21-15(8-20)23-25)16(26)22-12-5-6-24(17(12)27)14-4-3-10(18)7-11(14)19/h3-4,7,9,12-13H,2,5-6H2,1H3,(H,22,26). The minimum atomic E-state index is -0.763. The summed E-state index contributed by atoms with van der Waals surface area (Å²) in [7, 11) is 0. The zero-order valence-corrected chi connectivity index (χ0v) is 15.1. The van der Waals surface area contributed by atoms with Crippen LogP contribution in [0, 0.1) is 17.1 Å². The number of carbonyl (C=O) groups excluding carboxylic acids is 2. The second-order valence-electron chi connectivity index (χ2n) is 6.02. The highest BCUT2D eigenvalue weighted by atomic mass is 35.5. The first-order valence-corrected chi connectivity index (χ1v) is 8.70. The zero-order chi connectivity index (χ0) is 19.6. The maximum atomic E-state index is 14.1. The Morgan fingerprint density at radius 2 is 2.33 bits per heavy atom. The van der Waals surface area contributed by atoms with E-state index in [4.69, 9.17) is 16.9 Å². The molecule has 0 aliphatic carbocycles. The number of rotatable bonds is 5. The van der Waals surface area contributed by atoms with E-state index in [1.54, 1.807) is 13.0 Å². The number of carbonyl (C=O) groups is 2. The van der Waals surface area contributed by atoms with E-state index >= 15 is 0 Å². The molecule has 1 fully saturated rings. The zero-order valence-electron chi connectivity index (χ0n) is 14.4. The summed E-state index contributed by atoms with van der Waals surface area (Å²) in [5.41, 5.74) is 0.128. The molecule has 140 valence electrons. The maximum Gasteiger partial charge on any atom is 0.252 e. The fraction of sp³-hybridized carbons (Fsp3) is 0.353. The Bertz CT molecular complexity index is 924. The van der Waals surface area contributed by atoms with Crippen molar-refractivity contribution in [2.45, 2.75) is 31.8 Å². The molecule has 10 heteroatoms. The van der Waals surface area contributed by atoms with Gasteiger partial charge in [0.1, 0.15) is 30.3 Å². The third-order valence-corrected chi connectivity index (χ3v) is 4.57. The lowest BCUT2D eigenvalue weighted by molar-refractivity contribution is -0.129. The molecule has 8 nitrogen and oxygen atoms in total. The van der Waals surface area contributed by atoms with Gasteiger partial charge in [-0.25, -0.2) is 14.1 Å². The summed E-state index contributed by atoms with van der Waals surface area (Å²) in [5.74, 6) is -1.44. The number of halogens is 2. The van der Waals surface area contributed by atoms with Crippen molar-refractivity contribution in [1.29, 1.82) is 5.26 Å². The van der Waals surface area contributed by atoms with Gasteiger partial charge in [0.15, 0.2) is 0 Å². The fourth-order valence-corrected chi connectivity index (χ4v) is 3.15. The molecule has 2 unspecified atom stereocenters. The molecule has 0 bridgehead atoms. The number of nitrogens with one attached hydrogen (secondary N) is 1. The predicted octanol–water partition coefficient (Wildman–Crippen LogP) is 1.82. The van der Waals surface area contributed by atoms with Gasteiger partial charge < -0.3 is 10.2 Å². The molecule has 2 amide bonds. The van der Waals surface area contributed by atoms with Crippen molar-refractivity contribution in [2.24, 2.45) is 0 Å². The van der Waals surface area contributed by atoms with Gasteiger partial charge in [0, 0.05) is 11.6 Å². The van der Waals surface area contributed by atoms with E-state index in [0.717, 1.165) is 6.07 Å². The van der Waals surface area contributed by atoms with Crippen molar-refractivity contribution < 1.29 is 14.0 Å². The number of benzene rings is 1. The molecule has 0 spiro atoms. The summed E-state index contributed by atoms with van der Waals surface area (Å²) in [6.07, 6.45) is 2.05. The van der Waals surface area contributed by atoms with Crippen molar-refractivity contribution >= 4 is 29.1 Å². The first-order valence-electron chi connectivity index (χ1n) is 8.32. The number of amides is 2. The van der Waals surface area contributed by atoms with E-state index in [1.165, 1.54) is 28.0 Å². The average Bonchev–Trinajstić information content (AvgIpc) is 3.24. The van der Waals surface area contributed by atoms with E-state index in [-0.39, 0.29) is 23.1 Å². The Morgan fingerprint density at radius 3 is 2.96 bits per heavy atom. The van der Waals surface area contributed by atoms with Gasteiger partial charge in [-0.2, -0.15) is 5.26 Å². The van der Waals surface area contributed by atoms with Crippen molar-refractivity contribution in [2.75, 3.05) is 11.4 Å². The van der Waals surface area contributed by atoms with Crippen molar-refractivity contribution in [3.63, 3.8) is 0 Å². The minimum Gasteiger partial charge on any atom is -0.342 e. The lowest BCUT2D eigenvalue weighted by Gasteiger charge is -2.20. The number of hydrogen-bond donors (Lipinski definition) is 1. The highest BCUT2D eigenvalue weighted by Crippen LogP contribution is 2.27. The van der Waals surface area contributed by atoms with Crippen LogP contribution in [-0.2, 0) is 9.59 Å². The Kier molecular flexibility index (Phi) is 5.37. The molecular formula is C17H16ClFN6O2. The van der Waals surface area contributed by atoms with Gasteiger partial charge in [-0.05, 0) is 31.0 Å². The van der Waals surface area contributed by atoms with Crippen LogP contribution in [-0.4, -0.2) is 39.2 Å². The summed E-state index contributed by atoms with van der Waals surface area (Å²) < 4.78 is 15.4. The topological polar surface area (TPSA) is 104 Å². The molecular weight excluding hydrogens is 375 g/mol. The van der Waals surface area contributed by atoms with Crippen LogP contribution >= 0.6 is 11.6 Å². The van der Waals surface area contributed by atoms with E-state index in [2.05, 4.69) is 15.4 Å². The molecule has 1 N–H and O–H groups in total. The van der Waals surface area contributed by atoms with E-state index in [9.17, 15) is 14.0 Å². The van der Waals surface area contributed by atoms with Gasteiger partial charge in [0.2, 0.25) is 11.8 Å². The highest BCUT2D eigenvalue weighted by molar-refractivity contribution is 6.30. The second-order valence-corrected chi connectivity index (χ2v) is 6.46. The normalized spacial score (nSPS) is 17.6. The van der Waals surface area contributed by atoms with Gasteiger partial charge in [0.05, 0.1) is 5.69 Å². The summed E-state index contributed by atoms with van der Waals surface area (Å²) in [6, 6.07) is 4.42. The van der Waals surface area contributed by atoms with E-state index in [1.807, 2.05) is 0 Å². The Hall–Kier alpha value is -2.99. The van der Waals surface area contributed by atoms with Gasteiger partial charge >= 0.3 is 0 Å². The summed E-state index contributed by atoms with van der Waals surface area (Å²) in [4.78, 5) is 30.3. The molecule has 0 radical (unpaired) electrons. The minimum absolute atomic E-state index is 0.0393. The predicted molar refractivity (Wildman–Crippen MR) is 94.4 cm³/mol. The number of nitrogens with zero attached hydrogens (tertiary/aromatic N) is 5. The molecule has 1 aromatic carbocycles. The van der Waals surface area contributed by atoms with Crippen molar-refractivity contribution in [1.82, 2.24) is 20.1 Å². The Balaban J connectivity index is 1.71. The first-order chi connectivity index (χ1) is 12.9. The molecule has 1 saturated heterocycles. The number of anilines is 1. The summed E-state index contributed by atoms with van der Waals surface area (Å²) >= 11 is 5.74. The van der Waals surface area contributed by atoms with Crippen LogP contribution in [0.2, 0.25) is 5.02 Å². The van der Waals surface area contributed by atoms with Crippen LogP contribution in [0.5, 0.6) is 0 Å². The Labute approximate surface area is 159 Å². The highest BCUT2D eigenvalue weighted by Gasteiger charge is 2.36. The smallest absolute Gasteiger partial charge is 0.252 e. The van der Waals surface area contributed by atoms with Crippen LogP contribution in [0.3, 0.4) is 0 Å². The third kappa shape index (κ3) is 3.75. The quantitative estimate of drug-likeness (QED) is 0.838.